The van der Waals surface area contributed by atoms with Gasteiger partial charge >= 0.3 is 0 Å². The highest BCUT2D eigenvalue weighted by atomic mass is 35.5. The van der Waals surface area contributed by atoms with Crippen LogP contribution in [-0.2, 0) is 17.1 Å². The summed E-state index contributed by atoms with van der Waals surface area (Å²) in [4.78, 5) is 15.1. The molecule has 1 amide bonds. The number of hydrogen-bond acceptors (Lipinski definition) is 5. The second kappa shape index (κ2) is 9.23. The summed E-state index contributed by atoms with van der Waals surface area (Å²) in [6.07, 6.45) is 1.80. The maximum absolute atomic E-state index is 13.6. The Morgan fingerprint density at radius 3 is 2.25 bits per heavy atom. The molecule has 0 aliphatic carbocycles. The first-order chi connectivity index (χ1) is 15.0. The van der Waals surface area contributed by atoms with Crippen LogP contribution in [0.25, 0.3) is 0 Å². The molecule has 1 aliphatic heterocycles. The third-order valence-electron chi connectivity index (χ3n) is 6.20. The molecule has 0 bridgehead atoms. The van der Waals surface area contributed by atoms with Crippen molar-refractivity contribution in [3.63, 3.8) is 0 Å². The number of nitrogens with one attached hydrogen (secondary N) is 1. The first kappa shape index (κ1) is 24.3. The number of rotatable bonds is 6. The molecular weight excluding hydrogens is 454 g/mol. The van der Waals surface area contributed by atoms with Crippen molar-refractivity contribution in [2.24, 2.45) is 13.0 Å². The fourth-order valence-electron chi connectivity index (χ4n) is 4.00. The van der Waals surface area contributed by atoms with E-state index in [1.165, 1.54) is 26.4 Å². The molecule has 2 heterocycles. The second-order valence-corrected chi connectivity index (χ2v) is 10.2. The lowest BCUT2D eigenvalue weighted by molar-refractivity contribution is 0.0692. The zero-order valence-corrected chi connectivity index (χ0v) is 20.9. The van der Waals surface area contributed by atoms with E-state index in [2.05, 4.69) is 11.6 Å². The van der Waals surface area contributed by atoms with Gasteiger partial charge in [0.1, 0.15) is 16.4 Å². The van der Waals surface area contributed by atoms with Gasteiger partial charge in [-0.3, -0.25) is 9.52 Å². The quantitative estimate of drug-likeness (QED) is 0.671. The Labute approximate surface area is 194 Å². The molecule has 176 valence electrons. The number of methoxy groups -OCH3 is 2. The summed E-state index contributed by atoms with van der Waals surface area (Å²) in [6, 6.07) is 2.93. The van der Waals surface area contributed by atoms with Gasteiger partial charge in [0.15, 0.2) is 0 Å². The normalized spacial score (nSPS) is 15.0. The van der Waals surface area contributed by atoms with Crippen molar-refractivity contribution in [1.82, 2.24) is 9.47 Å². The largest absolute Gasteiger partial charge is 0.495 e. The molecule has 1 aromatic carbocycles. The lowest BCUT2D eigenvalue weighted by atomic mass is 9.98. The number of likely N-dealkylation sites (tertiary alicyclic amines) is 1. The van der Waals surface area contributed by atoms with Gasteiger partial charge in [-0.05, 0) is 38.7 Å². The Hall–Kier alpha value is -2.39. The van der Waals surface area contributed by atoms with Crippen LogP contribution in [0, 0.1) is 19.8 Å². The van der Waals surface area contributed by atoms with Crippen molar-refractivity contribution < 1.29 is 22.7 Å². The molecule has 3 rings (SSSR count). The topological polar surface area (TPSA) is 89.9 Å². The number of carbonyl (C=O) groups is 1. The number of carbonyl (C=O) groups excluding carboxylic acids is 1. The van der Waals surface area contributed by atoms with Gasteiger partial charge in [0, 0.05) is 37.6 Å². The van der Waals surface area contributed by atoms with Gasteiger partial charge in [-0.2, -0.15) is 0 Å². The summed E-state index contributed by atoms with van der Waals surface area (Å²) in [5.74, 6) is 0.888. The monoisotopic (exact) mass is 483 g/mol. The van der Waals surface area contributed by atoms with E-state index in [1.807, 2.05) is 0 Å². The van der Waals surface area contributed by atoms with E-state index in [-0.39, 0.29) is 32.8 Å². The Balaban J connectivity index is 2.07. The number of halogens is 1. The minimum absolute atomic E-state index is 0.0323. The van der Waals surface area contributed by atoms with Crippen molar-refractivity contribution in [2.75, 3.05) is 32.0 Å². The van der Waals surface area contributed by atoms with Crippen molar-refractivity contribution in [3.8, 4) is 11.5 Å². The number of amides is 1. The van der Waals surface area contributed by atoms with Gasteiger partial charge in [-0.1, -0.05) is 18.5 Å². The average Bonchev–Trinajstić information content (AvgIpc) is 2.98. The van der Waals surface area contributed by atoms with Crippen molar-refractivity contribution >= 4 is 33.2 Å². The Morgan fingerprint density at radius 1 is 1.09 bits per heavy atom. The highest BCUT2D eigenvalue weighted by Crippen LogP contribution is 2.38. The molecule has 1 N–H and O–H groups in total. The van der Waals surface area contributed by atoms with Crippen LogP contribution in [0.1, 0.15) is 41.5 Å². The molecule has 0 atom stereocenters. The minimum Gasteiger partial charge on any atom is -0.495 e. The van der Waals surface area contributed by atoms with Crippen LogP contribution >= 0.6 is 11.6 Å². The SMILES string of the molecule is COc1cc(OC)c(NS(=O)(=O)c2c(C(=O)N3CCC(C)CC3)c(C)n(C)c2C)cc1Cl. The summed E-state index contributed by atoms with van der Waals surface area (Å²) in [7, 11) is 0.496. The smallest absolute Gasteiger partial charge is 0.264 e. The molecule has 0 saturated carbocycles. The van der Waals surface area contributed by atoms with Crippen molar-refractivity contribution in [2.45, 2.75) is 38.5 Å². The molecule has 0 spiro atoms. The third-order valence-corrected chi connectivity index (χ3v) is 8.02. The van der Waals surface area contributed by atoms with Gasteiger partial charge in [0.2, 0.25) is 0 Å². The number of anilines is 1. The minimum atomic E-state index is -4.14. The zero-order valence-electron chi connectivity index (χ0n) is 19.3. The lowest BCUT2D eigenvalue weighted by Gasteiger charge is -2.30. The number of hydrogen-bond donors (Lipinski definition) is 1. The summed E-state index contributed by atoms with van der Waals surface area (Å²) < 4.78 is 41.9. The van der Waals surface area contributed by atoms with E-state index in [0.717, 1.165) is 12.8 Å². The van der Waals surface area contributed by atoms with Crippen LogP contribution in [-0.4, -0.2) is 51.1 Å². The third kappa shape index (κ3) is 4.41. The van der Waals surface area contributed by atoms with Gasteiger partial charge in [0.05, 0.1) is 30.5 Å². The fourth-order valence-corrected chi connectivity index (χ4v) is 5.82. The molecule has 32 heavy (non-hydrogen) atoms. The van der Waals surface area contributed by atoms with E-state index in [1.54, 1.807) is 30.4 Å². The number of ether oxygens (including phenoxy) is 2. The summed E-state index contributed by atoms with van der Waals surface area (Å²) in [5.41, 5.74) is 1.43. The highest BCUT2D eigenvalue weighted by molar-refractivity contribution is 7.92. The predicted octanol–water partition coefficient (Wildman–Crippen LogP) is 3.99. The Morgan fingerprint density at radius 2 is 1.69 bits per heavy atom. The zero-order chi connectivity index (χ0) is 23.8. The van der Waals surface area contributed by atoms with E-state index in [9.17, 15) is 13.2 Å². The molecule has 1 fully saturated rings. The van der Waals surface area contributed by atoms with Gasteiger partial charge in [-0.25, -0.2) is 8.42 Å². The van der Waals surface area contributed by atoms with Crippen LogP contribution in [0.5, 0.6) is 11.5 Å². The fraction of sp³-hybridized carbons (Fsp3) is 0.500. The second-order valence-electron chi connectivity index (χ2n) is 8.20. The summed E-state index contributed by atoms with van der Waals surface area (Å²) in [5, 5.41) is 0.228. The predicted molar refractivity (Wildman–Crippen MR) is 125 cm³/mol. The van der Waals surface area contributed by atoms with Crippen LogP contribution in [0.15, 0.2) is 17.0 Å². The summed E-state index contributed by atoms with van der Waals surface area (Å²) >= 11 is 6.21. The number of piperidine rings is 1. The van der Waals surface area contributed by atoms with Crippen LogP contribution < -0.4 is 14.2 Å². The average molecular weight is 484 g/mol. The molecule has 1 aliphatic rings. The first-order valence-corrected chi connectivity index (χ1v) is 12.3. The van der Waals surface area contributed by atoms with Gasteiger partial charge < -0.3 is 18.9 Å². The van der Waals surface area contributed by atoms with E-state index >= 15 is 0 Å². The van der Waals surface area contributed by atoms with Gasteiger partial charge in [0.25, 0.3) is 15.9 Å². The van der Waals surface area contributed by atoms with Crippen LogP contribution in [0.2, 0.25) is 5.02 Å². The summed E-state index contributed by atoms with van der Waals surface area (Å²) in [6.45, 7) is 6.84. The van der Waals surface area contributed by atoms with Crippen molar-refractivity contribution in [1.29, 1.82) is 0 Å². The molecule has 2 aromatic rings. The molecular formula is C22H30ClN3O5S. The van der Waals surface area contributed by atoms with Crippen molar-refractivity contribution in [3.05, 3.63) is 34.1 Å². The molecule has 10 heteroatoms. The van der Waals surface area contributed by atoms with E-state index < -0.39 is 10.0 Å². The maximum Gasteiger partial charge on any atom is 0.264 e. The number of benzene rings is 1. The number of nitrogens with zero attached hydrogens (tertiary/aromatic N) is 2. The Kier molecular flexibility index (Phi) is 7.00. The molecule has 0 radical (unpaired) electrons. The van der Waals surface area contributed by atoms with Crippen LogP contribution in [0.4, 0.5) is 5.69 Å². The van der Waals surface area contributed by atoms with E-state index in [4.69, 9.17) is 21.1 Å². The maximum atomic E-state index is 13.6. The molecule has 1 saturated heterocycles. The molecule has 1 aromatic heterocycles. The van der Waals surface area contributed by atoms with Gasteiger partial charge in [-0.15, -0.1) is 0 Å². The number of aromatic nitrogens is 1. The first-order valence-electron chi connectivity index (χ1n) is 10.4. The Bertz CT molecular complexity index is 1140. The highest BCUT2D eigenvalue weighted by Gasteiger charge is 2.34. The van der Waals surface area contributed by atoms with E-state index in [0.29, 0.717) is 36.1 Å². The molecule has 8 nitrogen and oxygen atoms in total. The molecule has 0 unspecified atom stereocenters. The lowest BCUT2D eigenvalue weighted by Crippen LogP contribution is -2.38. The number of sulfonamides is 1. The standard InChI is InChI=1S/C22H30ClN3O5S/c1-13-7-9-26(10-8-13)22(27)20-14(2)25(4)15(3)21(20)32(28,29)24-17-11-16(23)18(30-5)12-19(17)31-6/h11-13,24H,7-10H2,1-6H3. The van der Waals surface area contributed by atoms with Crippen LogP contribution in [0.3, 0.4) is 0 Å².